The van der Waals surface area contributed by atoms with E-state index < -0.39 is 10.8 Å². The van der Waals surface area contributed by atoms with Crippen molar-refractivity contribution in [1.82, 2.24) is 0 Å². The second-order valence-electron chi connectivity index (χ2n) is 26.8. The summed E-state index contributed by atoms with van der Waals surface area (Å²) in [5.41, 5.74) is 9.98. The molecule has 0 saturated carbocycles. The normalized spacial score (nSPS) is 16.2. The van der Waals surface area contributed by atoms with Crippen molar-refractivity contribution < 1.29 is 9.59 Å². The number of unbranched alkanes of at least 4 members (excludes halogenated alkanes) is 12. The quantitative estimate of drug-likeness (QED) is 0.0234. The van der Waals surface area contributed by atoms with Crippen LogP contribution in [0.4, 0.5) is 0 Å². The van der Waals surface area contributed by atoms with Gasteiger partial charge in [-0.3, -0.25) is 9.59 Å². The van der Waals surface area contributed by atoms with Gasteiger partial charge in [0.2, 0.25) is 0 Å². The van der Waals surface area contributed by atoms with Gasteiger partial charge in [0.25, 0.3) is 11.4 Å². The van der Waals surface area contributed by atoms with Crippen LogP contribution in [0.5, 0.6) is 0 Å². The van der Waals surface area contributed by atoms with E-state index in [9.17, 15) is 20.1 Å². The third-order valence-electron chi connectivity index (χ3n) is 20.6. The highest BCUT2D eigenvalue weighted by atomic mass is 32.1. The van der Waals surface area contributed by atoms with Crippen LogP contribution >= 0.6 is 90.7 Å². The molecule has 0 aliphatic heterocycles. The van der Waals surface area contributed by atoms with E-state index in [4.69, 9.17) is 13.1 Å². The van der Waals surface area contributed by atoms with E-state index in [0.717, 1.165) is 70.5 Å². The van der Waals surface area contributed by atoms with Crippen molar-refractivity contribution >= 4 is 144 Å². The van der Waals surface area contributed by atoms with Gasteiger partial charge in [-0.15, -0.1) is 90.7 Å². The van der Waals surface area contributed by atoms with Crippen molar-refractivity contribution in [2.24, 2.45) is 0 Å². The zero-order valence-electron chi connectivity index (χ0n) is 56.7. The molecule has 3 aromatic carbocycles. The molecule has 0 saturated heterocycles. The van der Waals surface area contributed by atoms with Gasteiger partial charge in [-0.1, -0.05) is 153 Å². The van der Waals surface area contributed by atoms with E-state index in [-0.39, 0.29) is 23.0 Å². The molecule has 0 bridgehead atoms. The van der Waals surface area contributed by atoms with Gasteiger partial charge in [0.1, 0.15) is 0 Å². The molecule has 0 atom stereocenters. The highest BCUT2D eigenvalue weighted by Crippen LogP contribution is 2.70. The minimum atomic E-state index is -0.721. The number of aryl methyl sites for hydroxylation is 4. The number of hydrogen-bond donors (Lipinski definition) is 0. The van der Waals surface area contributed by atoms with Crippen molar-refractivity contribution in [3.8, 4) is 33.0 Å². The molecule has 4 aliphatic rings. The number of ketones is 2. The van der Waals surface area contributed by atoms with Crippen LogP contribution in [0.2, 0.25) is 0 Å². The van der Waals surface area contributed by atoms with E-state index in [2.05, 4.69) is 122 Å². The largest absolute Gasteiger partial charge is 0.289 e. The number of carbonyl (C=O) groups excluding carboxylic acids is 2. The van der Waals surface area contributed by atoms with Gasteiger partial charge in [0.05, 0.1) is 45.5 Å². The first kappa shape index (κ1) is 67.8. The molecule has 0 spiro atoms. The molecule has 4 aliphatic carbocycles. The maximum atomic E-state index is 14.6. The average molecular weight is 1450 g/mol. The Kier molecular flexibility index (Phi) is 19.6. The molecule has 100 heavy (non-hydrogen) atoms. The molecule has 0 radical (unpaired) electrons. The minimum absolute atomic E-state index is 0.0808. The monoisotopic (exact) mass is 1450 g/mol. The van der Waals surface area contributed by atoms with Crippen LogP contribution in [0.25, 0.3) is 72.7 Å². The van der Waals surface area contributed by atoms with Crippen LogP contribution in [0.3, 0.4) is 0 Å². The second kappa shape index (κ2) is 28.8. The van der Waals surface area contributed by atoms with Crippen LogP contribution in [0.15, 0.2) is 144 Å². The SMILES string of the molecule is [C-]#[N+]C(C#N)=C1/C(=C/c2cc3sc4c(c3s2)C(c2ccc(CCCCCC)s2)(c2ccc(CCCCCC)s2)c2cc3c(cc2-4)C(c2ccc(CCCCCC)s2)(c2ccc(CCCCCC)s2)c2c-3sc3cc(/C=C4\C(=O)c5ccccc5\C4=C(\C#N)[N+]#[C-])sc23)C(=O)c2ccccc21. The predicted molar refractivity (Wildman–Crippen MR) is 426 cm³/mol. The Morgan fingerprint density at radius 1 is 0.410 bits per heavy atom. The Bertz CT molecular complexity index is 4930. The molecule has 8 heterocycles. The highest BCUT2D eigenvalue weighted by molar-refractivity contribution is 7.31. The van der Waals surface area contributed by atoms with Gasteiger partial charge >= 0.3 is 0 Å². The van der Waals surface area contributed by atoms with Crippen LogP contribution < -0.4 is 0 Å². The Balaban J connectivity index is 1.01. The third kappa shape index (κ3) is 11.4. The van der Waals surface area contributed by atoms with Crippen LogP contribution in [-0.4, -0.2) is 11.6 Å². The smallest absolute Gasteiger partial charge is 0.270 e. The molecule has 15 rings (SSSR count). The molecular formula is C86H74N4O2S8. The van der Waals surface area contributed by atoms with Gasteiger partial charge < -0.3 is 0 Å². The topological polar surface area (TPSA) is 90.4 Å². The summed E-state index contributed by atoms with van der Waals surface area (Å²) in [5, 5.41) is 20.9. The summed E-state index contributed by atoms with van der Waals surface area (Å²) >= 11 is 15.1. The molecule has 0 N–H and O–H groups in total. The fourth-order valence-corrected chi connectivity index (χ4v) is 26.6. The summed E-state index contributed by atoms with van der Waals surface area (Å²) in [6, 6.07) is 48.4. The number of benzene rings is 3. The standard InChI is InChI=1S/C86H74N4O2S8/c1-7-11-15-19-27-51-35-39-71(93-51)85(72-40-36-52(94-72)28-20-16-12-8-2)65-47-62-66(48-61(65)81-77(85)83-69(99-81)45-55(97-83)43-63-75(67(49-87)89-5)57-31-23-25-33-59(57)79(63)91)86(73-41-37-53(95-73)29-21-17-13-9-3,74-42-38-54(96-74)30-22-18-14-10-4)78-82(62)100-70-46-56(98-84(70)78)44-64-76(68(50-88)90-6)58-32-24-26-34-60(58)80(64)92/h23-26,31-48H,7-22,27-30H2,1-4H3/b63-43-,64-44-,75-67+,76-68?. The Morgan fingerprint density at radius 3 is 1.05 bits per heavy atom. The van der Waals surface area contributed by atoms with E-state index in [1.807, 2.05) is 129 Å². The Labute approximate surface area is 619 Å². The van der Waals surface area contributed by atoms with Crippen LogP contribution in [0, 0.1) is 35.8 Å². The number of hydrogen-bond acceptors (Lipinski definition) is 12. The summed E-state index contributed by atoms with van der Waals surface area (Å²) in [6.07, 6.45) is 26.9. The van der Waals surface area contributed by atoms with Crippen LogP contribution in [-0.2, 0) is 36.5 Å². The highest BCUT2D eigenvalue weighted by Gasteiger charge is 2.56. The number of nitriles is 2. The molecule has 11 aromatic rings. The zero-order valence-corrected chi connectivity index (χ0v) is 63.2. The van der Waals surface area contributed by atoms with E-state index >= 15 is 0 Å². The second-order valence-corrected chi connectivity index (χ2v) is 35.8. The fraction of sp³-hybridized carbons (Fsp3) is 0.302. The van der Waals surface area contributed by atoms with Crippen molar-refractivity contribution in [1.29, 1.82) is 10.5 Å². The van der Waals surface area contributed by atoms with E-state index in [1.165, 1.54) is 169 Å². The van der Waals surface area contributed by atoms with Crippen molar-refractivity contribution in [2.45, 2.75) is 167 Å². The van der Waals surface area contributed by atoms with E-state index in [1.54, 1.807) is 22.7 Å². The predicted octanol–water partition coefficient (Wildman–Crippen LogP) is 26.6. The number of carbonyl (C=O) groups is 2. The summed E-state index contributed by atoms with van der Waals surface area (Å²) in [4.78, 5) is 51.8. The van der Waals surface area contributed by atoms with Gasteiger partial charge in [-0.2, -0.15) is 0 Å². The maximum Gasteiger partial charge on any atom is 0.270 e. The number of thiophene rings is 8. The molecular weight excluding hydrogens is 1380 g/mol. The number of allylic oxidation sites excluding steroid dienone is 6. The number of nitrogens with zero attached hydrogens (tertiary/aromatic N) is 4. The number of fused-ring (bicyclic) bond motifs is 12. The summed E-state index contributed by atoms with van der Waals surface area (Å²) in [6.45, 7) is 25.4. The molecule has 498 valence electrons. The minimum Gasteiger partial charge on any atom is -0.289 e. The first-order valence-electron chi connectivity index (χ1n) is 35.5. The lowest BCUT2D eigenvalue weighted by Crippen LogP contribution is -2.27. The fourth-order valence-electron chi connectivity index (χ4n) is 15.9. The number of rotatable bonds is 26. The van der Waals surface area contributed by atoms with Gasteiger partial charge in [-0.25, -0.2) is 20.2 Å². The van der Waals surface area contributed by atoms with Gasteiger partial charge in [-0.05, 0) is 170 Å². The average Bonchev–Trinajstić information content (AvgIpc) is 1.49. The van der Waals surface area contributed by atoms with Crippen molar-refractivity contribution in [2.75, 3.05) is 0 Å². The molecule has 14 heteroatoms. The summed E-state index contributed by atoms with van der Waals surface area (Å²) in [5.74, 6) is -0.342. The van der Waals surface area contributed by atoms with Crippen molar-refractivity contribution in [3.63, 3.8) is 0 Å². The summed E-state index contributed by atoms with van der Waals surface area (Å²) in [7, 11) is 0. The molecule has 0 unspecified atom stereocenters. The number of Topliss-reactive ketones (excluding diaryl/α,β-unsaturated/α-hetero) is 2. The molecule has 8 aromatic heterocycles. The Morgan fingerprint density at radius 2 is 0.740 bits per heavy atom. The lowest BCUT2D eigenvalue weighted by molar-refractivity contribution is 0.103. The maximum absolute atomic E-state index is 14.6. The van der Waals surface area contributed by atoms with Crippen molar-refractivity contribution in [3.05, 3.63) is 260 Å². The van der Waals surface area contributed by atoms with Gasteiger partial charge in [0.15, 0.2) is 11.6 Å². The zero-order chi connectivity index (χ0) is 68.8. The lowest BCUT2D eigenvalue weighted by atomic mass is 9.73. The van der Waals surface area contributed by atoms with E-state index in [0.29, 0.717) is 44.5 Å². The third-order valence-corrected chi connectivity index (χ3v) is 30.5. The first-order chi connectivity index (χ1) is 49.1. The van der Waals surface area contributed by atoms with Gasteiger partial charge in [0, 0.05) is 112 Å². The first-order valence-corrected chi connectivity index (χ1v) is 42.1. The molecule has 0 fully saturated rings. The molecule has 6 nitrogen and oxygen atoms in total. The molecule has 0 amide bonds. The van der Waals surface area contributed by atoms with Crippen LogP contribution in [0.1, 0.15) is 233 Å². The summed E-state index contributed by atoms with van der Waals surface area (Å²) < 4.78 is 4.68. The lowest BCUT2D eigenvalue weighted by Gasteiger charge is -2.32. The Hall–Kier alpha value is -7.96.